The molecule has 0 aliphatic carbocycles. The molecule has 84 valence electrons. The van der Waals surface area contributed by atoms with Gasteiger partial charge in [0.15, 0.2) is 0 Å². The molecular formula is C12H13BrN2O. The average molecular weight is 281 g/mol. The summed E-state index contributed by atoms with van der Waals surface area (Å²) in [4.78, 5) is 2.09. The summed E-state index contributed by atoms with van der Waals surface area (Å²) >= 11 is 3.41. The Morgan fingerprint density at radius 2 is 2.19 bits per heavy atom. The highest BCUT2D eigenvalue weighted by Crippen LogP contribution is 2.30. The Morgan fingerprint density at radius 3 is 2.81 bits per heavy atom. The summed E-state index contributed by atoms with van der Waals surface area (Å²) in [6, 6.07) is 12.6. The summed E-state index contributed by atoms with van der Waals surface area (Å²) in [5.74, 6) is 0. The Hall–Kier alpha value is -0.890. The molecule has 2 rings (SSSR count). The van der Waals surface area contributed by atoms with Gasteiger partial charge in [-0.25, -0.2) is 0 Å². The van der Waals surface area contributed by atoms with Gasteiger partial charge in [-0.3, -0.25) is 4.90 Å². The zero-order chi connectivity index (χ0) is 11.4. The highest BCUT2D eigenvalue weighted by atomic mass is 79.9. The fraction of sp³-hybridized carbons (Fsp3) is 0.417. The SMILES string of the molecule is N#CCN1C(CBr)OCC1c1ccccc1. The van der Waals surface area contributed by atoms with E-state index in [1.54, 1.807) is 0 Å². The van der Waals surface area contributed by atoms with Crippen LogP contribution in [-0.2, 0) is 4.74 Å². The molecule has 1 aromatic rings. The van der Waals surface area contributed by atoms with E-state index in [2.05, 4.69) is 39.0 Å². The van der Waals surface area contributed by atoms with Gasteiger partial charge in [-0.2, -0.15) is 5.26 Å². The van der Waals surface area contributed by atoms with E-state index < -0.39 is 0 Å². The fourth-order valence-electron chi connectivity index (χ4n) is 1.98. The van der Waals surface area contributed by atoms with Crippen molar-refractivity contribution in [1.29, 1.82) is 5.26 Å². The van der Waals surface area contributed by atoms with E-state index >= 15 is 0 Å². The smallest absolute Gasteiger partial charge is 0.121 e. The molecule has 0 spiro atoms. The van der Waals surface area contributed by atoms with E-state index in [4.69, 9.17) is 10.00 Å². The van der Waals surface area contributed by atoms with E-state index in [1.165, 1.54) is 5.56 Å². The number of nitrogens with zero attached hydrogens (tertiary/aromatic N) is 2. The van der Waals surface area contributed by atoms with Crippen LogP contribution in [0.25, 0.3) is 0 Å². The molecule has 1 aliphatic heterocycles. The molecule has 0 saturated carbocycles. The molecule has 2 unspecified atom stereocenters. The van der Waals surface area contributed by atoms with E-state index in [0.717, 1.165) is 5.33 Å². The molecule has 0 aromatic heterocycles. The molecule has 0 N–H and O–H groups in total. The van der Waals surface area contributed by atoms with Gasteiger partial charge in [0.2, 0.25) is 0 Å². The first-order chi connectivity index (χ1) is 7.86. The van der Waals surface area contributed by atoms with Crippen molar-refractivity contribution in [2.75, 3.05) is 18.5 Å². The minimum absolute atomic E-state index is 0.00450. The lowest BCUT2D eigenvalue weighted by Crippen LogP contribution is -2.33. The van der Waals surface area contributed by atoms with Gasteiger partial charge in [0.05, 0.1) is 25.3 Å². The van der Waals surface area contributed by atoms with Crippen LogP contribution in [0.5, 0.6) is 0 Å². The molecule has 1 fully saturated rings. The van der Waals surface area contributed by atoms with Gasteiger partial charge < -0.3 is 4.74 Å². The molecular weight excluding hydrogens is 268 g/mol. The van der Waals surface area contributed by atoms with Crippen molar-refractivity contribution < 1.29 is 4.74 Å². The van der Waals surface area contributed by atoms with Crippen LogP contribution in [0.2, 0.25) is 0 Å². The van der Waals surface area contributed by atoms with Gasteiger partial charge in [0.1, 0.15) is 6.23 Å². The second-order valence-corrected chi connectivity index (χ2v) is 4.35. The molecule has 4 heteroatoms. The Kier molecular flexibility index (Phi) is 3.94. The van der Waals surface area contributed by atoms with Crippen molar-refractivity contribution in [2.45, 2.75) is 12.3 Å². The first-order valence-corrected chi connectivity index (χ1v) is 6.34. The fourth-order valence-corrected chi connectivity index (χ4v) is 2.54. The van der Waals surface area contributed by atoms with Crippen molar-refractivity contribution in [3.8, 4) is 6.07 Å². The number of halogens is 1. The lowest BCUT2D eigenvalue weighted by molar-refractivity contribution is 0.0586. The molecule has 1 saturated heterocycles. The third-order valence-electron chi connectivity index (χ3n) is 2.79. The quantitative estimate of drug-likeness (QED) is 0.630. The maximum absolute atomic E-state index is 8.84. The van der Waals surface area contributed by atoms with Crippen molar-refractivity contribution in [3.05, 3.63) is 35.9 Å². The Bertz CT molecular complexity index is 376. The predicted octanol–water partition coefficient (Wildman–Crippen LogP) is 2.30. The topological polar surface area (TPSA) is 36.3 Å². The monoisotopic (exact) mass is 280 g/mol. The number of rotatable bonds is 3. The molecule has 0 radical (unpaired) electrons. The second kappa shape index (κ2) is 5.44. The summed E-state index contributed by atoms with van der Waals surface area (Å²) in [5, 5.41) is 9.58. The van der Waals surface area contributed by atoms with Crippen molar-refractivity contribution in [1.82, 2.24) is 4.90 Å². The molecule has 3 nitrogen and oxygen atoms in total. The van der Waals surface area contributed by atoms with Crippen molar-refractivity contribution in [2.24, 2.45) is 0 Å². The molecule has 16 heavy (non-hydrogen) atoms. The predicted molar refractivity (Wildman–Crippen MR) is 65.0 cm³/mol. The summed E-state index contributed by atoms with van der Waals surface area (Å²) < 4.78 is 5.66. The molecule has 1 aromatic carbocycles. The lowest BCUT2D eigenvalue weighted by Gasteiger charge is -2.24. The Morgan fingerprint density at radius 1 is 1.44 bits per heavy atom. The summed E-state index contributed by atoms with van der Waals surface area (Å²) in [7, 11) is 0. The molecule has 1 heterocycles. The minimum Gasteiger partial charge on any atom is -0.360 e. The third kappa shape index (κ3) is 2.27. The zero-order valence-electron chi connectivity index (χ0n) is 8.84. The van der Waals surface area contributed by atoms with Crippen LogP contribution < -0.4 is 0 Å². The number of hydrogen-bond donors (Lipinski definition) is 0. The van der Waals surface area contributed by atoms with Crippen LogP contribution in [0.15, 0.2) is 30.3 Å². The maximum atomic E-state index is 8.84. The van der Waals surface area contributed by atoms with Gasteiger partial charge >= 0.3 is 0 Å². The summed E-state index contributed by atoms with van der Waals surface area (Å²) in [6.07, 6.45) is 0.00450. The van der Waals surface area contributed by atoms with E-state index in [0.29, 0.717) is 13.2 Å². The van der Waals surface area contributed by atoms with Gasteiger partial charge in [0.25, 0.3) is 0 Å². The average Bonchev–Trinajstić information content (AvgIpc) is 2.74. The number of hydrogen-bond acceptors (Lipinski definition) is 3. The molecule has 1 aliphatic rings. The van der Waals surface area contributed by atoms with Crippen LogP contribution >= 0.6 is 15.9 Å². The maximum Gasteiger partial charge on any atom is 0.121 e. The van der Waals surface area contributed by atoms with E-state index in [-0.39, 0.29) is 12.3 Å². The highest BCUT2D eigenvalue weighted by molar-refractivity contribution is 9.09. The van der Waals surface area contributed by atoms with Crippen LogP contribution in [0.4, 0.5) is 0 Å². The normalized spacial score (nSPS) is 25.5. The third-order valence-corrected chi connectivity index (χ3v) is 3.34. The van der Waals surface area contributed by atoms with E-state index in [9.17, 15) is 0 Å². The number of nitriles is 1. The zero-order valence-corrected chi connectivity index (χ0v) is 10.4. The van der Waals surface area contributed by atoms with Gasteiger partial charge in [-0.15, -0.1) is 0 Å². The highest BCUT2D eigenvalue weighted by Gasteiger charge is 2.34. The van der Waals surface area contributed by atoms with Crippen LogP contribution in [-0.4, -0.2) is 29.6 Å². The molecule has 0 amide bonds. The number of benzene rings is 1. The number of alkyl halides is 1. The van der Waals surface area contributed by atoms with Crippen molar-refractivity contribution in [3.63, 3.8) is 0 Å². The van der Waals surface area contributed by atoms with Crippen molar-refractivity contribution >= 4 is 15.9 Å². The van der Waals surface area contributed by atoms with Gasteiger partial charge in [-0.1, -0.05) is 46.3 Å². The molecule has 2 atom stereocenters. The second-order valence-electron chi connectivity index (χ2n) is 3.70. The summed E-state index contributed by atoms with van der Waals surface area (Å²) in [6.45, 7) is 1.05. The van der Waals surface area contributed by atoms with Crippen LogP contribution in [0.3, 0.4) is 0 Å². The number of ether oxygens (including phenoxy) is 1. The first kappa shape index (κ1) is 11.6. The lowest BCUT2D eigenvalue weighted by atomic mass is 10.1. The van der Waals surface area contributed by atoms with Gasteiger partial charge in [-0.05, 0) is 5.56 Å². The Labute approximate surface area is 104 Å². The van der Waals surface area contributed by atoms with Gasteiger partial charge in [0, 0.05) is 5.33 Å². The summed E-state index contributed by atoms with van der Waals surface area (Å²) in [5.41, 5.74) is 1.21. The molecule has 0 bridgehead atoms. The minimum atomic E-state index is 0.00450. The first-order valence-electron chi connectivity index (χ1n) is 5.22. The van der Waals surface area contributed by atoms with Crippen LogP contribution in [0, 0.1) is 11.3 Å². The van der Waals surface area contributed by atoms with Crippen LogP contribution in [0.1, 0.15) is 11.6 Å². The Balaban J connectivity index is 2.19. The largest absolute Gasteiger partial charge is 0.360 e. The standard InChI is InChI=1S/C12H13BrN2O/c13-8-12-15(7-6-14)11(9-16-12)10-4-2-1-3-5-10/h1-5,11-12H,7-9H2. The van der Waals surface area contributed by atoms with E-state index in [1.807, 2.05) is 18.2 Å².